The van der Waals surface area contributed by atoms with Crippen LogP contribution in [-0.4, -0.2) is 5.11 Å². The maximum Gasteiger partial charge on any atom is 0.124 e. The quantitative estimate of drug-likeness (QED) is 0.734. The molecule has 0 amide bonds. The summed E-state index contributed by atoms with van der Waals surface area (Å²) in [5.74, 6) is 0.240. The van der Waals surface area contributed by atoms with Crippen LogP contribution in [0.2, 0.25) is 0 Å². The lowest BCUT2D eigenvalue weighted by Gasteiger charge is -2.15. The van der Waals surface area contributed by atoms with Crippen LogP contribution < -0.4 is 0 Å². The van der Waals surface area contributed by atoms with Crippen LogP contribution in [0.25, 0.3) is 0 Å². The van der Waals surface area contributed by atoms with Crippen molar-refractivity contribution < 1.29 is 9.50 Å². The summed E-state index contributed by atoms with van der Waals surface area (Å²) < 4.78 is 13.8. The zero-order chi connectivity index (χ0) is 14.7. The molecule has 0 aliphatic rings. The second-order valence-corrected chi connectivity index (χ2v) is 6.21. The van der Waals surface area contributed by atoms with E-state index in [4.69, 9.17) is 0 Å². The molecule has 0 aromatic heterocycles. The van der Waals surface area contributed by atoms with Gasteiger partial charge in [0.2, 0.25) is 0 Å². The van der Waals surface area contributed by atoms with Crippen molar-refractivity contribution in [1.82, 2.24) is 0 Å². The van der Waals surface area contributed by atoms with Gasteiger partial charge in [0.05, 0.1) is 0 Å². The first kappa shape index (κ1) is 15.4. The predicted molar refractivity (Wildman–Crippen MR) is 88.3 cm³/mol. The molecule has 2 aromatic carbocycles. The molecule has 0 heterocycles. The molecule has 0 saturated carbocycles. The van der Waals surface area contributed by atoms with E-state index in [0.29, 0.717) is 5.92 Å². The monoisotopic (exact) mass is 384 g/mol. The predicted octanol–water partition coefficient (Wildman–Crippen LogP) is 5.03. The zero-order valence-corrected chi connectivity index (χ0v) is 13.8. The van der Waals surface area contributed by atoms with Crippen LogP contribution in [0.15, 0.2) is 42.5 Å². The molecule has 2 unspecified atom stereocenters. The van der Waals surface area contributed by atoms with Gasteiger partial charge >= 0.3 is 0 Å². The molecule has 1 N–H and O–H groups in total. The molecule has 106 valence electrons. The second-order valence-electron chi connectivity index (χ2n) is 5.04. The summed E-state index contributed by atoms with van der Waals surface area (Å²) in [5.41, 5.74) is 2.85. The normalized spacial score (nSPS) is 14.1. The van der Waals surface area contributed by atoms with Gasteiger partial charge in [-0.25, -0.2) is 4.39 Å². The first-order chi connectivity index (χ1) is 9.52. The van der Waals surface area contributed by atoms with E-state index in [1.807, 2.05) is 12.1 Å². The Morgan fingerprint density at radius 1 is 1.10 bits per heavy atom. The fourth-order valence-electron chi connectivity index (χ4n) is 2.15. The number of halogens is 2. The summed E-state index contributed by atoms with van der Waals surface area (Å²) in [7, 11) is 0. The maximum absolute atomic E-state index is 13.1. The standard InChI is InChI=1S/C17H18FIO/c1-3-11(2)12-4-6-13(7-5-12)17(20)15-9-8-14(18)10-16(15)19/h4-11,17,20H,3H2,1-2H3. The van der Waals surface area contributed by atoms with E-state index in [0.717, 1.165) is 21.1 Å². The van der Waals surface area contributed by atoms with Crippen LogP contribution in [-0.2, 0) is 0 Å². The van der Waals surface area contributed by atoms with Crippen molar-refractivity contribution in [3.05, 3.63) is 68.5 Å². The van der Waals surface area contributed by atoms with Crippen molar-refractivity contribution in [3.8, 4) is 0 Å². The van der Waals surface area contributed by atoms with Gasteiger partial charge in [-0.15, -0.1) is 0 Å². The SMILES string of the molecule is CCC(C)c1ccc(C(O)c2ccc(F)cc2I)cc1. The smallest absolute Gasteiger partial charge is 0.124 e. The molecule has 0 bridgehead atoms. The number of hydrogen-bond donors (Lipinski definition) is 1. The molecule has 0 saturated heterocycles. The molecule has 0 fully saturated rings. The Balaban J connectivity index is 2.26. The van der Waals surface area contributed by atoms with Crippen molar-refractivity contribution in [2.45, 2.75) is 32.3 Å². The number of benzene rings is 2. The van der Waals surface area contributed by atoms with Crippen molar-refractivity contribution in [2.24, 2.45) is 0 Å². The molecule has 2 aromatic rings. The summed E-state index contributed by atoms with van der Waals surface area (Å²) in [6, 6.07) is 12.5. The molecule has 2 atom stereocenters. The minimum absolute atomic E-state index is 0.280. The highest BCUT2D eigenvalue weighted by atomic mass is 127. The van der Waals surface area contributed by atoms with Crippen LogP contribution in [0.1, 0.15) is 49.0 Å². The van der Waals surface area contributed by atoms with Crippen LogP contribution in [0.5, 0.6) is 0 Å². The van der Waals surface area contributed by atoms with Crippen molar-refractivity contribution in [2.75, 3.05) is 0 Å². The fraction of sp³-hybridized carbons (Fsp3) is 0.294. The Bertz CT molecular complexity index is 580. The Kier molecular flexibility index (Phi) is 5.16. The van der Waals surface area contributed by atoms with E-state index in [-0.39, 0.29) is 5.82 Å². The highest BCUT2D eigenvalue weighted by Gasteiger charge is 2.14. The third kappa shape index (κ3) is 3.38. The van der Waals surface area contributed by atoms with E-state index < -0.39 is 6.10 Å². The van der Waals surface area contributed by atoms with E-state index in [1.165, 1.54) is 17.7 Å². The number of aliphatic hydroxyl groups is 1. The van der Waals surface area contributed by atoms with Gasteiger partial charge < -0.3 is 5.11 Å². The van der Waals surface area contributed by atoms with E-state index in [2.05, 4.69) is 48.6 Å². The van der Waals surface area contributed by atoms with Crippen molar-refractivity contribution in [1.29, 1.82) is 0 Å². The Hall–Kier alpha value is -0.940. The van der Waals surface area contributed by atoms with Gasteiger partial charge in [0, 0.05) is 3.57 Å². The summed E-state index contributed by atoms with van der Waals surface area (Å²) in [6.45, 7) is 4.35. The summed E-state index contributed by atoms with van der Waals surface area (Å²) in [4.78, 5) is 0. The average Bonchev–Trinajstić information content (AvgIpc) is 2.46. The lowest BCUT2D eigenvalue weighted by atomic mass is 9.95. The van der Waals surface area contributed by atoms with Crippen LogP contribution in [0.3, 0.4) is 0 Å². The molecule has 20 heavy (non-hydrogen) atoms. The number of aliphatic hydroxyl groups excluding tert-OH is 1. The minimum Gasteiger partial charge on any atom is -0.384 e. The van der Waals surface area contributed by atoms with E-state index in [9.17, 15) is 9.50 Å². The lowest BCUT2D eigenvalue weighted by molar-refractivity contribution is 0.219. The average molecular weight is 384 g/mol. The van der Waals surface area contributed by atoms with Gasteiger partial charge in [0.1, 0.15) is 11.9 Å². The molecule has 0 spiro atoms. The minimum atomic E-state index is -0.714. The van der Waals surface area contributed by atoms with Crippen LogP contribution in [0, 0.1) is 9.39 Å². The molecule has 0 aliphatic carbocycles. The topological polar surface area (TPSA) is 20.2 Å². The molecule has 3 heteroatoms. The number of hydrogen-bond acceptors (Lipinski definition) is 1. The van der Waals surface area contributed by atoms with Gasteiger partial charge in [-0.3, -0.25) is 0 Å². The fourth-order valence-corrected chi connectivity index (χ4v) is 2.92. The summed E-state index contributed by atoms with van der Waals surface area (Å²) in [6.07, 6.45) is 0.381. The van der Waals surface area contributed by atoms with Gasteiger partial charge in [-0.2, -0.15) is 0 Å². The first-order valence-electron chi connectivity index (χ1n) is 6.75. The molecular weight excluding hydrogens is 366 g/mol. The molecule has 0 radical (unpaired) electrons. The highest BCUT2D eigenvalue weighted by Crippen LogP contribution is 2.28. The van der Waals surface area contributed by atoms with Crippen LogP contribution >= 0.6 is 22.6 Å². The molecular formula is C17H18FIO. The second kappa shape index (κ2) is 6.68. The Morgan fingerprint density at radius 3 is 2.25 bits per heavy atom. The Morgan fingerprint density at radius 2 is 1.70 bits per heavy atom. The third-order valence-electron chi connectivity index (χ3n) is 3.69. The van der Waals surface area contributed by atoms with E-state index >= 15 is 0 Å². The van der Waals surface area contributed by atoms with Gasteiger partial charge in [-0.1, -0.05) is 44.2 Å². The van der Waals surface area contributed by atoms with Crippen LogP contribution in [0.4, 0.5) is 4.39 Å². The first-order valence-corrected chi connectivity index (χ1v) is 7.83. The van der Waals surface area contributed by atoms with Gasteiger partial charge in [0.25, 0.3) is 0 Å². The molecule has 1 nitrogen and oxygen atoms in total. The van der Waals surface area contributed by atoms with Crippen molar-refractivity contribution >= 4 is 22.6 Å². The lowest BCUT2D eigenvalue weighted by Crippen LogP contribution is -2.03. The Labute approximate surface area is 133 Å². The summed E-state index contributed by atoms with van der Waals surface area (Å²) in [5, 5.41) is 10.4. The highest BCUT2D eigenvalue weighted by molar-refractivity contribution is 14.1. The summed E-state index contributed by atoms with van der Waals surface area (Å²) >= 11 is 2.05. The maximum atomic E-state index is 13.1. The van der Waals surface area contributed by atoms with Gasteiger partial charge in [0.15, 0.2) is 0 Å². The molecule has 2 rings (SSSR count). The van der Waals surface area contributed by atoms with Gasteiger partial charge in [-0.05, 0) is 63.8 Å². The largest absolute Gasteiger partial charge is 0.384 e. The molecule has 0 aliphatic heterocycles. The zero-order valence-electron chi connectivity index (χ0n) is 11.6. The number of rotatable bonds is 4. The van der Waals surface area contributed by atoms with Crippen molar-refractivity contribution in [3.63, 3.8) is 0 Å². The van der Waals surface area contributed by atoms with E-state index in [1.54, 1.807) is 6.07 Å². The third-order valence-corrected chi connectivity index (χ3v) is 4.62.